The van der Waals surface area contributed by atoms with Crippen LogP contribution in [0, 0.1) is 5.92 Å². The van der Waals surface area contributed by atoms with E-state index in [0.717, 1.165) is 0 Å². The molecule has 0 aromatic heterocycles. The van der Waals surface area contributed by atoms with Crippen LogP contribution in [0.1, 0.15) is 37.6 Å². The van der Waals surface area contributed by atoms with Crippen molar-refractivity contribution in [3.05, 3.63) is 29.8 Å². The highest BCUT2D eigenvalue weighted by molar-refractivity contribution is 5.94. The van der Waals surface area contributed by atoms with Crippen molar-refractivity contribution in [2.24, 2.45) is 5.92 Å². The van der Waals surface area contributed by atoms with E-state index in [1.165, 1.54) is 13.0 Å². The molecule has 1 aromatic carbocycles. The molecule has 2 N–H and O–H groups in total. The van der Waals surface area contributed by atoms with Crippen molar-refractivity contribution in [2.75, 3.05) is 13.1 Å². The van der Waals surface area contributed by atoms with Crippen molar-refractivity contribution in [1.29, 1.82) is 0 Å². The van der Waals surface area contributed by atoms with Gasteiger partial charge < -0.3 is 15.4 Å². The fraction of sp³-hybridized carbons (Fsp3) is 0.438. The second kappa shape index (κ2) is 8.81. The third kappa shape index (κ3) is 6.39. The maximum absolute atomic E-state index is 11.9. The van der Waals surface area contributed by atoms with Crippen molar-refractivity contribution in [1.82, 2.24) is 10.6 Å². The van der Waals surface area contributed by atoms with Crippen LogP contribution in [-0.4, -0.2) is 30.9 Å². The van der Waals surface area contributed by atoms with Gasteiger partial charge in [0.2, 0.25) is 5.91 Å². The van der Waals surface area contributed by atoms with Gasteiger partial charge in [0.25, 0.3) is 5.91 Å². The number of rotatable bonds is 7. The summed E-state index contributed by atoms with van der Waals surface area (Å²) in [4.78, 5) is 34.2. The van der Waals surface area contributed by atoms with Crippen LogP contribution in [0.4, 0.5) is 0 Å². The maximum atomic E-state index is 11.9. The monoisotopic (exact) mass is 306 g/mol. The van der Waals surface area contributed by atoms with Crippen LogP contribution in [0.25, 0.3) is 0 Å². The first-order valence-electron chi connectivity index (χ1n) is 7.24. The summed E-state index contributed by atoms with van der Waals surface area (Å²) >= 11 is 0. The van der Waals surface area contributed by atoms with E-state index in [9.17, 15) is 14.4 Å². The molecule has 0 atom stereocenters. The highest BCUT2D eigenvalue weighted by Crippen LogP contribution is 2.13. The number of hydrogen-bond donors (Lipinski definition) is 2. The summed E-state index contributed by atoms with van der Waals surface area (Å²) in [5, 5.41) is 5.53. The maximum Gasteiger partial charge on any atom is 0.308 e. The van der Waals surface area contributed by atoms with Gasteiger partial charge in [-0.2, -0.15) is 0 Å². The molecule has 6 nitrogen and oxygen atoms in total. The van der Waals surface area contributed by atoms with Gasteiger partial charge in [-0.1, -0.05) is 19.9 Å². The van der Waals surface area contributed by atoms with Gasteiger partial charge in [-0.25, -0.2) is 0 Å². The van der Waals surface area contributed by atoms with E-state index in [1.807, 2.05) is 13.8 Å². The summed E-state index contributed by atoms with van der Waals surface area (Å²) in [6.45, 7) is 5.93. The average molecular weight is 306 g/mol. The molecular formula is C16H22N2O4. The number of nitrogens with one attached hydrogen (secondary N) is 2. The standard InChI is InChI=1S/C16H22N2O4/c1-11(2)15(20)17-8-5-9-18-16(21)13-6-4-7-14(10-13)22-12(3)19/h4,6-7,10-11H,5,8-9H2,1-3H3,(H,17,20)(H,18,21). The second-order valence-electron chi connectivity index (χ2n) is 5.18. The van der Waals surface area contributed by atoms with E-state index in [2.05, 4.69) is 10.6 Å². The minimum absolute atomic E-state index is 0.000379. The second-order valence-corrected chi connectivity index (χ2v) is 5.18. The molecular weight excluding hydrogens is 284 g/mol. The van der Waals surface area contributed by atoms with Gasteiger partial charge in [-0.15, -0.1) is 0 Å². The third-order valence-corrected chi connectivity index (χ3v) is 2.82. The fourth-order valence-corrected chi connectivity index (χ4v) is 1.67. The van der Waals surface area contributed by atoms with E-state index >= 15 is 0 Å². The zero-order valence-corrected chi connectivity index (χ0v) is 13.1. The number of hydrogen-bond acceptors (Lipinski definition) is 4. The van der Waals surface area contributed by atoms with E-state index in [0.29, 0.717) is 30.8 Å². The Hall–Kier alpha value is -2.37. The van der Waals surface area contributed by atoms with E-state index < -0.39 is 5.97 Å². The summed E-state index contributed by atoms with van der Waals surface area (Å²) in [6.07, 6.45) is 0.647. The summed E-state index contributed by atoms with van der Waals surface area (Å²) in [6, 6.07) is 6.41. The lowest BCUT2D eigenvalue weighted by molar-refractivity contribution is -0.132. The molecule has 120 valence electrons. The Labute approximate surface area is 130 Å². The fourth-order valence-electron chi connectivity index (χ4n) is 1.67. The van der Waals surface area contributed by atoms with Gasteiger partial charge in [0, 0.05) is 31.5 Å². The summed E-state index contributed by atoms with van der Waals surface area (Å²) in [7, 11) is 0. The molecule has 0 bridgehead atoms. The van der Waals surface area contributed by atoms with Gasteiger partial charge in [0.15, 0.2) is 0 Å². The predicted molar refractivity (Wildman–Crippen MR) is 82.5 cm³/mol. The SMILES string of the molecule is CC(=O)Oc1cccc(C(=O)NCCCNC(=O)C(C)C)c1. The number of carbonyl (C=O) groups excluding carboxylic acids is 3. The van der Waals surface area contributed by atoms with E-state index in [1.54, 1.807) is 18.2 Å². The molecule has 0 aliphatic rings. The first-order chi connectivity index (χ1) is 10.4. The van der Waals surface area contributed by atoms with Crippen LogP contribution in [0.2, 0.25) is 0 Å². The van der Waals surface area contributed by atoms with Gasteiger partial charge in [0.05, 0.1) is 0 Å². The highest BCUT2D eigenvalue weighted by atomic mass is 16.5. The largest absolute Gasteiger partial charge is 0.427 e. The number of amides is 2. The Morgan fingerprint density at radius 2 is 1.82 bits per heavy atom. The van der Waals surface area contributed by atoms with Gasteiger partial charge in [0.1, 0.15) is 5.75 Å². The Morgan fingerprint density at radius 3 is 2.45 bits per heavy atom. The van der Waals surface area contributed by atoms with Crippen molar-refractivity contribution in [3.63, 3.8) is 0 Å². The molecule has 2 amide bonds. The zero-order chi connectivity index (χ0) is 16.5. The van der Waals surface area contributed by atoms with Crippen LogP contribution in [0.15, 0.2) is 24.3 Å². The molecule has 22 heavy (non-hydrogen) atoms. The molecule has 1 rings (SSSR count). The topological polar surface area (TPSA) is 84.5 Å². The minimum atomic E-state index is -0.432. The van der Waals surface area contributed by atoms with Crippen molar-refractivity contribution in [2.45, 2.75) is 27.2 Å². The Balaban J connectivity index is 2.36. The predicted octanol–water partition coefficient (Wildman–Crippen LogP) is 1.50. The minimum Gasteiger partial charge on any atom is -0.427 e. The molecule has 0 saturated heterocycles. The molecule has 0 unspecified atom stereocenters. The lowest BCUT2D eigenvalue weighted by Crippen LogP contribution is -2.31. The van der Waals surface area contributed by atoms with Crippen molar-refractivity contribution < 1.29 is 19.1 Å². The molecule has 0 aliphatic carbocycles. The van der Waals surface area contributed by atoms with Crippen LogP contribution in [-0.2, 0) is 9.59 Å². The molecule has 0 spiro atoms. The van der Waals surface area contributed by atoms with Crippen LogP contribution >= 0.6 is 0 Å². The number of carbonyl (C=O) groups is 3. The Kier molecular flexibility index (Phi) is 7.08. The number of benzene rings is 1. The molecule has 0 aliphatic heterocycles. The normalized spacial score (nSPS) is 10.2. The first-order valence-corrected chi connectivity index (χ1v) is 7.24. The number of ether oxygens (including phenoxy) is 1. The molecule has 1 aromatic rings. The molecule has 0 saturated carbocycles. The van der Waals surface area contributed by atoms with Gasteiger partial charge >= 0.3 is 5.97 Å². The summed E-state index contributed by atoms with van der Waals surface area (Å²) in [5.41, 5.74) is 0.421. The lowest BCUT2D eigenvalue weighted by atomic mass is 10.2. The molecule has 0 heterocycles. The third-order valence-electron chi connectivity index (χ3n) is 2.82. The highest BCUT2D eigenvalue weighted by Gasteiger charge is 2.08. The smallest absolute Gasteiger partial charge is 0.308 e. The quantitative estimate of drug-likeness (QED) is 0.454. The van der Waals surface area contributed by atoms with Crippen molar-refractivity contribution in [3.8, 4) is 5.75 Å². The van der Waals surface area contributed by atoms with Crippen LogP contribution < -0.4 is 15.4 Å². The summed E-state index contributed by atoms with van der Waals surface area (Å²) < 4.78 is 4.93. The van der Waals surface area contributed by atoms with Crippen LogP contribution in [0.5, 0.6) is 5.75 Å². The van der Waals surface area contributed by atoms with E-state index in [4.69, 9.17) is 4.74 Å². The average Bonchev–Trinajstić information content (AvgIpc) is 2.45. The molecule has 0 fully saturated rings. The molecule has 0 radical (unpaired) electrons. The van der Waals surface area contributed by atoms with Crippen LogP contribution in [0.3, 0.4) is 0 Å². The first kappa shape index (κ1) is 17.7. The van der Waals surface area contributed by atoms with Crippen molar-refractivity contribution >= 4 is 17.8 Å². The van der Waals surface area contributed by atoms with Gasteiger partial charge in [-0.05, 0) is 24.6 Å². The Bertz CT molecular complexity index is 541. The zero-order valence-electron chi connectivity index (χ0n) is 13.1. The number of esters is 1. The lowest BCUT2D eigenvalue weighted by Gasteiger charge is -2.09. The Morgan fingerprint density at radius 1 is 1.14 bits per heavy atom. The van der Waals surface area contributed by atoms with E-state index in [-0.39, 0.29) is 17.7 Å². The summed E-state index contributed by atoms with van der Waals surface area (Å²) in [5.74, 6) is -0.383. The molecule has 6 heteroatoms. The van der Waals surface area contributed by atoms with Gasteiger partial charge in [-0.3, -0.25) is 14.4 Å².